The van der Waals surface area contributed by atoms with Crippen LogP contribution in [0, 0.1) is 0 Å². The minimum absolute atomic E-state index is 0.00351. The summed E-state index contributed by atoms with van der Waals surface area (Å²) in [5.41, 5.74) is 1.92. The van der Waals surface area contributed by atoms with E-state index in [0.717, 1.165) is 24.8 Å². The van der Waals surface area contributed by atoms with Crippen molar-refractivity contribution in [2.24, 2.45) is 0 Å². The molecule has 1 unspecified atom stereocenters. The maximum absolute atomic E-state index is 13.4. The fourth-order valence-electron chi connectivity index (χ4n) is 4.31. The van der Waals surface area contributed by atoms with Gasteiger partial charge in [-0.15, -0.1) is 0 Å². The van der Waals surface area contributed by atoms with Crippen LogP contribution >= 0.6 is 0 Å². The molecule has 0 bridgehead atoms. The zero-order valence-corrected chi connectivity index (χ0v) is 16.7. The first-order chi connectivity index (χ1) is 12.9. The lowest BCUT2D eigenvalue weighted by atomic mass is 9.73. The van der Waals surface area contributed by atoms with Crippen molar-refractivity contribution < 1.29 is 9.53 Å². The Morgan fingerprint density at radius 3 is 2.19 bits per heavy atom. The van der Waals surface area contributed by atoms with Crippen LogP contribution in [0.4, 0.5) is 0 Å². The second-order valence-corrected chi connectivity index (χ2v) is 8.39. The van der Waals surface area contributed by atoms with Crippen molar-refractivity contribution in [1.29, 1.82) is 0 Å². The first-order valence-electron chi connectivity index (χ1n) is 9.94. The molecule has 27 heavy (non-hydrogen) atoms. The molecule has 1 aliphatic heterocycles. The molecular weight excluding hydrogens is 334 g/mol. The molecule has 1 aliphatic rings. The summed E-state index contributed by atoms with van der Waals surface area (Å²) in [5.74, 6) is 0.133. The number of carbonyl (C=O) groups excluding carboxylic acids is 1. The van der Waals surface area contributed by atoms with Gasteiger partial charge in [0.2, 0.25) is 5.91 Å². The van der Waals surface area contributed by atoms with Crippen molar-refractivity contribution in [3.05, 3.63) is 71.8 Å². The molecule has 0 saturated carbocycles. The highest BCUT2D eigenvalue weighted by molar-refractivity contribution is 5.88. The van der Waals surface area contributed by atoms with Gasteiger partial charge in [0.15, 0.2) is 0 Å². The van der Waals surface area contributed by atoms with Crippen LogP contribution in [-0.2, 0) is 20.4 Å². The Balaban J connectivity index is 1.74. The summed E-state index contributed by atoms with van der Waals surface area (Å²) in [4.78, 5) is 13.4. The van der Waals surface area contributed by atoms with Gasteiger partial charge in [0.05, 0.1) is 5.41 Å². The first-order valence-corrected chi connectivity index (χ1v) is 9.94. The topological polar surface area (TPSA) is 38.3 Å². The van der Waals surface area contributed by atoms with E-state index in [2.05, 4.69) is 62.5 Å². The fraction of sp³-hybridized carbons (Fsp3) is 0.458. The van der Waals surface area contributed by atoms with E-state index in [9.17, 15) is 4.79 Å². The summed E-state index contributed by atoms with van der Waals surface area (Å²) < 4.78 is 5.56. The Morgan fingerprint density at radius 1 is 1.04 bits per heavy atom. The minimum atomic E-state index is -0.481. The van der Waals surface area contributed by atoms with E-state index < -0.39 is 5.41 Å². The predicted octanol–water partition coefficient (Wildman–Crippen LogP) is 4.61. The van der Waals surface area contributed by atoms with Gasteiger partial charge in [-0.3, -0.25) is 4.79 Å². The molecule has 3 rings (SSSR count). The average Bonchev–Trinajstić information content (AvgIpc) is 2.69. The molecule has 1 fully saturated rings. The summed E-state index contributed by atoms with van der Waals surface area (Å²) in [6.45, 7) is 7.86. The summed E-state index contributed by atoms with van der Waals surface area (Å²) in [5, 5.41) is 3.32. The molecule has 3 nitrogen and oxygen atoms in total. The van der Waals surface area contributed by atoms with Crippen LogP contribution < -0.4 is 5.32 Å². The first kappa shape index (κ1) is 19.6. The van der Waals surface area contributed by atoms with Gasteiger partial charge < -0.3 is 10.1 Å². The number of hydrogen-bond acceptors (Lipinski definition) is 2. The molecule has 3 heteroatoms. The molecule has 0 aliphatic carbocycles. The molecule has 0 spiro atoms. The molecule has 144 valence electrons. The number of carbonyl (C=O) groups is 1. The van der Waals surface area contributed by atoms with Crippen LogP contribution in [0.1, 0.15) is 51.2 Å². The van der Waals surface area contributed by atoms with Crippen molar-refractivity contribution >= 4 is 5.91 Å². The highest BCUT2D eigenvalue weighted by Gasteiger charge is 2.42. The molecule has 1 saturated heterocycles. The van der Waals surface area contributed by atoms with Gasteiger partial charge in [0.25, 0.3) is 0 Å². The van der Waals surface area contributed by atoms with E-state index in [1.165, 1.54) is 5.56 Å². The molecule has 2 aromatic carbocycles. The van der Waals surface area contributed by atoms with Crippen molar-refractivity contribution in [3.63, 3.8) is 0 Å². The maximum atomic E-state index is 13.4. The SMILES string of the molecule is CC(CC(C)(C)c1ccccc1)NC(=O)C1(c2ccccc2)CCOCC1. The van der Waals surface area contributed by atoms with Crippen molar-refractivity contribution in [2.75, 3.05) is 13.2 Å². The van der Waals surface area contributed by atoms with Crippen molar-refractivity contribution in [3.8, 4) is 0 Å². The Labute approximate surface area is 163 Å². The van der Waals surface area contributed by atoms with E-state index in [1.807, 2.05) is 24.3 Å². The average molecular weight is 366 g/mol. The zero-order valence-electron chi connectivity index (χ0n) is 16.7. The lowest BCUT2D eigenvalue weighted by molar-refractivity contribution is -0.131. The quantitative estimate of drug-likeness (QED) is 0.812. The molecule has 0 radical (unpaired) electrons. The monoisotopic (exact) mass is 365 g/mol. The molecule has 1 N–H and O–H groups in total. The van der Waals surface area contributed by atoms with Gasteiger partial charge >= 0.3 is 0 Å². The second kappa shape index (κ2) is 8.26. The van der Waals surface area contributed by atoms with Crippen LogP contribution in [0.3, 0.4) is 0 Å². The van der Waals surface area contributed by atoms with Gasteiger partial charge in [-0.2, -0.15) is 0 Å². The lowest BCUT2D eigenvalue weighted by Gasteiger charge is -2.38. The predicted molar refractivity (Wildman–Crippen MR) is 110 cm³/mol. The standard InChI is InChI=1S/C24H31NO2/c1-19(18-23(2,3)20-10-6-4-7-11-20)25-22(26)24(14-16-27-17-15-24)21-12-8-5-9-13-21/h4-13,19H,14-18H2,1-3H3,(H,25,26). The van der Waals surface area contributed by atoms with Crippen LogP contribution in [0.25, 0.3) is 0 Å². The van der Waals surface area contributed by atoms with Gasteiger partial charge in [-0.1, -0.05) is 74.5 Å². The van der Waals surface area contributed by atoms with E-state index in [4.69, 9.17) is 4.74 Å². The Kier molecular flexibility index (Phi) is 6.01. The van der Waals surface area contributed by atoms with Crippen LogP contribution in [0.2, 0.25) is 0 Å². The Bertz CT molecular complexity index is 733. The third kappa shape index (κ3) is 4.41. The second-order valence-electron chi connectivity index (χ2n) is 8.39. The van der Waals surface area contributed by atoms with Gasteiger partial charge in [0.1, 0.15) is 0 Å². The molecule has 1 amide bonds. The van der Waals surface area contributed by atoms with Crippen molar-refractivity contribution in [1.82, 2.24) is 5.32 Å². The number of benzene rings is 2. The molecule has 0 aromatic heterocycles. The zero-order chi connectivity index (χ0) is 19.3. The number of hydrogen-bond donors (Lipinski definition) is 1. The summed E-state index contributed by atoms with van der Waals surface area (Å²) in [7, 11) is 0. The summed E-state index contributed by atoms with van der Waals surface area (Å²) in [6, 6.07) is 20.8. The van der Waals surface area contributed by atoms with Gasteiger partial charge in [-0.25, -0.2) is 0 Å². The van der Waals surface area contributed by atoms with E-state index in [1.54, 1.807) is 0 Å². The molecule has 1 heterocycles. The largest absolute Gasteiger partial charge is 0.381 e. The fourth-order valence-corrected chi connectivity index (χ4v) is 4.31. The minimum Gasteiger partial charge on any atom is -0.381 e. The highest BCUT2D eigenvalue weighted by atomic mass is 16.5. The number of nitrogens with one attached hydrogen (secondary N) is 1. The Hall–Kier alpha value is -2.13. The normalized spacial score (nSPS) is 17.9. The molecule has 2 aromatic rings. The summed E-state index contributed by atoms with van der Waals surface area (Å²) >= 11 is 0. The Morgan fingerprint density at radius 2 is 1.59 bits per heavy atom. The van der Waals surface area contributed by atoms with Crippen molar-refractivity contribution in [2.45, 2.75) is 56.9 Å². The van der Waals surface area contributed by atoms with Gasteiger partial charge in [-0.05, 0) is 42.7 Å². The van der Waals surface area contributed by atoms with Gasteiger partial charge in [0, 0.05) is 19.3 Å². The third-order valence-electron chi connectivity index (χ3n) is 5.86. The van der Waals surface area contributed by atoms with Crippen LogP contribution in [0.15, 0.2) is 60.7 Å². The highest BCUT2D eigenvalue weighted by Crippen LogP contribution is 2.36. The van der Waals surface area contributed by atoms with E-state index in [-0.39, 0.29) is 17.4 Å². The number of ether oxygens (including phenoxy) is 1. The maximum Gasteiger partial charge on any atom is 0.231 e. The van der Waals surface area contributed by atoms with E-state index >= 15 is 0 Å². The van der Waals surface area contributed by atoms with Crippen LogP contribution in [0.5, 0.6) is 0 Å². The third-order valence-corrected chi connectivity index (χ3v) is 5.86. The molecule has 1 atom stereocenters. The van der Waals surface area contributed by atoms with E-state index in [0.29, 0.717) is 13.2 Å². The lowest BCUT2D eigenvalue weighted by Crippen LogP contribution is -2.51. The number of amides is 1. The molecular formula is C24H31NO2. The summed E-state index contributed by atoms with van der Waals surface area (Å²) in [6.07, 6.45) is 2.36. The number of rotatable bonds is 6. The smallest absolute Gasteiger partial charge is 0.231 e. The van der Waals surface area contributed by atoms with Crippen LogP contribution in [-0.4, -0.2) is 25.2 Å².